The van der Waals surface area contributed by atoms with E-state index in [-0.39, 0.29) is 0 Å². The molecule has 2 N–H and O–H groups in total. The molecular weight excluding hydrogens is 418 g/mol. The van der Waals surface area contributed by atoms with E-state index in [1.165, 1.54) is 10.9 Å². The highest BCUT2D eigenvalue weighted by Crippen LogP contribution is 2.24. The molecule has 0 aliphatic carbocycles. The lowest BCUT2D eigenvalue weighted by molar-refractivity contribution is 0.206. The Bertz CT molecular complexity index is 1130. The summed E-state index contributed by atoms with van der Waals surface area (Å²) in [6.45, 7) is 5.56. The van der Waals surface area contributed by atoms with Crippen LogP contribution in [0.5, 0.6) is 0 Å². The number of H-pyrrole nitrogens is 1. The van der Waals surface area contributed by atoms with Crippen molar-refractivity contribution in [1.82, 2.24) is 19.4 Å². The SMILES string of the molecule is C=C(CCOC)c1cnc2c(NCCc3c[nH]c4ccccc34)nc(Br)cn12. The molecule has 144 valence electrons. The van der Waals surface area contributed by atoms with Gasteiger partial charge in [0.1, 0.15) is 4.60 Å². The van der Waals surface area contributed by atoms with Gasteiger partial charge in [-0.2, -0.15) is 0 Å². The summed E-state index contributed by atoms with van der Waals surface area (Å²) in [5.74, 6) is 0.750. The summed E-state index contributed by atoms with van der Waals surface area (Å²) in [5, 5.41) is 4.69. The molecule has 0 saturated carbocycles. The summed E-state index contributed by atoms with van der Waals surface area (Å²) in [6, 6.07) is 8.34. The predicted molar refractivity (Wildman–Crippen MR) is 117 cm³/mol. The molecule has 4 rings (SSSR count). The average molecular weight is 440 g/mol. The van der Waals surface area contributed by atoms with Gasteiger partial charge in [0.15, 0.2) is 11.5 Å². The van der Waals surface area contributed by atoms with Gasteiger partial charge in [0, 0.05) is 37.0 Å². The van der Waals surface area contributed by atoms with Crippen molar-refractivity contribution in [2.75, 3.05) is 25.6 Å². The molecule has 3 heterocycles. The molecule has 0 aliphatic rings. The van der Waals surface area contributed by atoms with Crippen LogP contribution in [-0.2, 0) is 11.2 Å². The molecule has 0 radical (unpaired) electrons. The number of aromatic amines is 1. The molecule has 1 aromatic carbocycles. The van der Waals surface area contributed by atoms with Gasteiger partial charge in [-0.3, -0.25) is 4.40 Å². The third kappa shape index (κ3) is 3.68. The van der Waals surface area contributed by atoms with Gasteiger partial charge in [0.05, 0.1) is 18.5 Å². The van der Waals surface area contributed by atoms with E-state index in [1.807, 2.05) is 22.9 Å². The number of nitrogens with zero attached hydrogens (tertiary/aromatic N) is 3. The number of imidazole rings is 1. The Balaban J connectivity index is 1.53. The van der Waals surface area contributed by atoms with E-state index in [0.29, 0.717) is 6.61 Å². The zero-order chi connectivity index (χ0) is 19.5. The number of benzene rings is 1. The summed E-state index contributed by atoms with van der Waals surface area (Å²) in [5.41, 5.74) is 5.18. The highest BCUT2D eigenvalue weighted by Gasteiger charge is 2.13. The molecule has 0 amide bonds. The Morgan fingerprint density at radius 2 is 2.21 bits per heavy atom. The van der Waals surface area contributed by atoms with Crippen molar-refractivity contribution in [1.29, 1.82) is 0 Å². The molecule has 0 atom stereocenters. The fourth-order valence-electron chi connectivity index (χ4n) is 3.35. The van der Waals surface area contributed by atoms with E-state index in [1.54, 1.807) is 7.11 Å². The smallest absolute Gasteiger partial charge is 0.180 e. The number of methoxy groups -OCH3 is 1. The van der Waals surface area contributed by atoms with Gasteiger partial charge in [0.2, 0.25) is 0 Å². The number of aromatic nitrogens is 4. The first-order valence-electron chi connectivity index (χ1n) is 9.17. The topological polar surface area (TPSA) is 67.2 Å². The third-order valence-corrected chi connectivity index (χ3v) is 5.18. The minimum atomic E-state index is 0.633. The minimum absolute atomic E-state index is 0.633. The Kier molecular flexibility index (Phi) is 5.45. The summed E-state index contributed by atoms with van der Waals surface area (Å²) in [4.78, 5) is 12.5. The Morgan fingerprint density at radius 3 is 3.07 bits per heavy atom. The number of hydrogen-bond donors (Lipinski definition) is 2. The number of fused-ring (bicyclic) bond motifs is 2. The summed E-state index contributed by atoms with van der Waals surface area (Å²) < 4.78 is 7.92. The molecular formula is C21H22BrN5O. The van der Waals surface area contributed by atoms with Gasteiger partial charge < -0.3 is 15.0 Å². The second-order valence-electron chi connectivity index (χ2n) is 6.63. The molecule has 0 aliphatic heterocycles. The first-order chi connectivity index (χ1) is 13.7. The number of para-hydroxylation sites is 1. The predicted octanol–water partition coefficient (Wildman–Crippen LogP) is 4.68. The number of hydrogen-bond acceptors (Lipinski definition) is 4. The second kappa shape index (κ2) is 8.16. The molecule has 0 spiro atoms. The van der Waals surface area contributed by atoms with E-state index in [4.69, 9.17) is 4.74 Å². The molecule has 6 nitrogen and oxygen atoms in total. The first-order valence-corrected chi connectivity index (χ1v) is 9.96. The first kappa shape index (κ1) is 18.7. The van der Waals surface area contributed by atoms with E-state index in [0.717, 1.165) is 52.2 Å². The maximum Gasteiger partial charge on any atom is 0.180 e. The standard InChI is InChI=1S/C21H22BrN5O/c1-14(8-10-28-2)18-12-25-21-20(26-19(22)13-27(18)21)23-9-7-15-11-24-17-6-4-3-5-16(15)17/h3-6,11-13,24H,1,7-10H2,2H3,(H,23,26). The Hall–Kier alpha value is -2.64. The van der Waals surface area contributed by atoms with E-state index >= 15 is 0 Å². The van der Waals surface area contributed by atoms with Crippen LogP contribution in [0.15, 0.2) is 54.0 Å². The number of ether oxygens (including phenoxy) is 1. The number of anilines is 1. The molecule has 0 saturated heterocycles. The monoisotopic (exact) mass is 439 g/mol. The van der Waals surface area contributed by atoms with Crippen molar-refractivity contribution in [3.8, 4) is 0 Å². The fraction of sp³-hybridized carbons (Fsp3) is 0.238. The molecule has 28 heavy (non-hydrogen) atoms. The molecule has 4 aromatic rings. The number of rotatable bonds is 8. The fourth-order valence-corrected chi connectivity index (χ4v) is 3.73. The van der Waals surface area contributed by atoms with Crippen molar-refractivity contribution < 1.29 is 4.74 Å². The second-order valence-corrected chi connectivity index (χ2v) is 7.44. The Labute approximate surface area is 171 Å². The molecule has 3 aromatic heterocycles. The van der Waals surface area contributed by atoms with E-state index in [2.05, 4.69) is 67.2 Å². The average Bonchev–Trinajstić information content (AvgIpc) is 3.30. The molecule has 0 bridgehead atoms. The van der Waals surface area contributed by atoms with Gasteiger partial charge in [-0.15, -0.1) is 0 Å². The van der Waals surface area contributed by atoms with E-state index in [9.17, 15) is 0 Å². The van der Waals surface area contributed by atoms with Crippen molar-refractivity contribution >= 4 is 43.9 Å². The molecule has 7 heteroatoms. The molecule has 0 unspecified atom stereocenters. The maximum atomic E-state index is 5.16. The maximum absolute atomic E-state index is 5.16. The summed E-state index contributed by atoms with van der Waals surface area (Å²) >= 11 is 3.51. The highest BCUT2D eigenvalue weighted by molar-refractivity contribution is 9.10. The zero-order valence-electron chi connectivity index (χ0n) is 15.7. The van der Waals surface area contributed by atoms with Crippen molar-refractivity contribution in [2.45, 2.75) is 12.8 Å². The summed E-state index contributed by atoms with van der Waals surface area (Å²) in [6.07, 6.45) is 7.47. The van der Waals surface area contributed by atoms with Crippen molar-refractivity contribution in [2.24, 2.45) is 0 Å². The van der Waals surface area contributed by atoms with Gasteiger partial charge in [0.25, 0.3) is 0 Å². The normalized spacial score (nSPS) is 11.4. The van der Waals surface area contributed by atoms with Crippen LogP contribution in [-0.4, -0.2) is 39.6 Å². The third-order valence-electron chi connectivity index (χ3n) is 4.79. The van der Waals surface area contributed by atoms with Gasteiger partial charge >= 0.3 is 0 Å². The number of nitrogens with one attached hydrogen (secondary N) is 2. The Morgan fingerprint density at radius 1 is 1.36 bits per heavy atom. The van der Waals surface area contributed by atoms with Crippen LogP contribution in [0, 0.1) is 0 Å². The summed E-state index contributed by atoms with van der Waals surface area (Å²) in [7, 11) is 1.69. The van der Waals surface area contributed by atoms with Gasteiger partial charge in [-0.25, -0.2) is 9.97 Å². The van der Waals surface area contributed by atoms with Crippen molar-refractivity contribution in [3.63, 3.8) is 0 Å². The minimum Gasteiger partial charge on any atom is -0.384 e. The van der Waals surface area contributed by atoms with Crippen LogP contribution in [0.2, 0.25) is 0 Å². The van der Waals surface area contributed by atoms with Gasteiger partial charge in [-0.1, -0.05) is 24.8 Å². The van der Waals surface area contributed by atoms with Crippen LogP contribution in [0.1, 0.15) is 17.7 Å². The lowest BCUT2D eigenvalue weighted by Crippen LogP contribution is -2.08. The van der Waals surface area contributed by atoms with Crippen LogP contribution in [0.3, 0.4) is 0 Å². The van der Waals surface area contributed by atoms with Gasteiger partial charge in [-0.05, 0) is 46.0 Å². The highest BCUT2D eigenvalue weighted by atomic mass is 79.9. The lowest BCUT2D eigenvalue weighted by Gasteiger charge is -2.10. The van der Waals surface area contributed by atoms with Crippen LogP contribution < -0.4 is 5.32 Å². The lowest BCUT2D eigenvalue weighted by atomic mass is 10.1. The van der Waals surface area contributed by atoms with Crippen LogP contribution >= 0.6 is 15.9 Å². The van der Waals surface area contributed by atoms with Crippen LogP contribution in [0.25, 0.3) is 22.1 Å². The van der Waals surface area contributed by atoms with Crippen LogP contribution in [0.4, 0.5) is 5.82 Å². The quantitative estimate of drug-likeness (QED) is 0.418. The van der Waals surface area contributed by atoms with E-state index < -0.39 is 0 Å². The molecule has 0 fully saturated rings. The van der Waals surface area contributed by atoms with Crippen molar-refractivity contribution in [3.05, 3.63) is 65.3 Å². The largest absolute Gasteiger partial charge is 0.384 e. The zero-order valence-corrected chi connectivity index (χ0v) is 17.3. The number of halogens is 1.